The number of anilines is 1. The summed E-state index contributed by atoms with van der Waals surface area (Å²) in [7, 11) is 0. The Balaban J connectivity index is 1.72. The van der Waals surface area contributed by atoms with Gasteiger partial charge in [0.25, 0.3) is 5.91 Å². The Morgan fingerprint density at radius 2 is 1.81 bits per heavy atom. The summed E-state index contributed by atoms with van der Waals surface area (Å²) in [4.78, 5) is 36.4. The lowest BCUT2D eigenvalue weighted by atomic mass is 9.87. The number of ether oxygens (including phenoxy) is 1. The molecular weight excluding hydrogens is 458 g/mol. The fourth-order valence-electron chi connectivity index (χ4n) is 4.01. The molecule has 1 atom stereocenters. The van der Waals surface area contributed by atoms with Gasteiger partial charge in [0.05, 0.1) is 12.5 Å². The Bertz CT molecular complexity index is 1130. The van der Waals surface area contributed by atoms with Crippen LogP contribution in [0.3, 0.4) is 0 Å². The van der Waals surface area contributed by atoms with Crippen molar-refractivity contribution in [2.24, 2.45) is 16.4 Å². The fraction of sp³-hybridized carbons (Fsp3) is 0.429. The highest BCUT2D eigenvalue weighted by molar-refractivity contribution is 5.96. The quantitative estimate of drug-likeness (QED) is 0.522. The van der Waals surface area contributed by atoms with E-state index in [0.717, 1.165) is 16.7 Å². The lowest BCUT2D eigenvalue weighted by Crippen LogP contribution is -2.40. The summed E-state index contributed by atoms with van der Waals surface area (Å²) >= 11 is 0. The predicted molar refractivity (Wildman–Crippen MR) is 138 cm³/mol. The fourth-order valence-corrected chi connectivity index (χ4v) is 4.01. The highest BCUT2D eigenvalue weighted by Gasteiger charge is 2.30. The van der Waals surface area contributed by atoms with Crippen molar-refractivity contribution in [1.82, 2.24) is 5.01 Å². The zero-order valence-electron chi connectivity index (χ0n) is 21.6. The van der Waals surface area contributed by atoms with Crippen molar-refractivity contribution in [3.8, 4) is 0 Å². The second-order valence-corrected chi connectivity index (χ2v) is 10.4. The van der Waals surface area contributed by atoms with Crippen LogP contribution in [0.2, 0.25) is 0 Å². The van der Waals surface area contributed by atoms with Crippen molar-refractivity contribution in [2.45, 2.75) is 59.9 Å². The first-order valence-corrected chi connectivity index (χ1v) is 12.2. The Labute approximate surface area is 212 Å². The molecule has 2 amide bonds. The van der Waals surface area contributed by atoms with Crippen molar-refractivity contribution in [1.29, 1.82) is 0 Å². The summed E-state index contributed by atoms with van der Waals surface area (Å²) in [6.45, 7) is 10.2. The molecule has 0 saturated carbocycles. The van der Waals surface area contributed by atoms with Crippen molar-refractivity contribution < 1.29 is 24.2 Å². The molecule has 3 rings (SSSR count). The maximum Gasteiger partial charge on any atom is 0.303 e. The molecule has 1 aliphatic heterocycles. The zero-order valence-corrected chi connectivity index (χ0v) is 21.6. The molecule has 0 saturated heterocycles. The zero-order chi connectivity index (χ0) is 26.5. The molecule has 2 aromatic rings. The lowest BCUT2D eigenvalue weighted by molar-refractivity contribution is -0.137. The van der Waals surface area contributed by atoms with Crippen LogP contribution in [-0.4, -0.2) is 40.4 Å². The van der Waals surface area contributed by atoms with Crippen LogP contribution < -0.4 is 5.32 Å². The SMILES string of the molecule is CC(C)C(C(=O)Nc1cccc(CCC(=O)O)c1)c1ccc(CN2N=C(C(C)(C)C)OCC2=O)cc1. The van der Waals surface area contributed by atoms with Crippen molar-refractivity contribution in [3.05, 3.63) is 65.2 Å². The van der Waals surface area contributed by atoms with Crippen LogP contribution in [0.25, 0.3) is 0 Å². The second kappa shape index (κ2) is 11.4. The largest absolute Gasteiger partial charge is 0.481 e. The highest BCUT2D eigenvalue weighted by Crippen LogP contribution is 2.28. The number of nitrogens with one attached hydrogen (secondary N) is 1. The molecule has 0 bridgehead atoms. The van der Waals surface area contributed by atoms with E-state index in [1.54, 1.807) is 6.07 Å². The third kappa shape index (κ3) is 7.16. The van der Waals surface area contributed by atoms with Crippen LogP contribution in [0, 0.1) is 11.3 Å². The summed E-state index contributed by atoms with van der Waals surface area (Å²) in [5.41, 5.74) is 2.98. The smallest absolute Gasteiger partial charge is 0.303 e. The number of carboxylic acid groups (broad SMARTS) is 1. The standard InChI is InChI=1S/C28H35N3O5/c1-18(2)25(26(35)29-22-8-6-7-19(15-22)11-14-24(33)34)21-12-9-20(10-13-21)16-31-23(32)17-36-27(30-31)28(3,4)5/h6-10,12-13,15,18,25H,11,14,16-17H2,1-5H3,(H,29,35)(H,33,34). The molecule has 0 aliphatic carbocycles. The Morgan fingerprint density at radius 1 is 1.11 bits per heavy atom. The minimum atomic E-state index is -0.854. The van der Waals surface area contributed by atoms with Crippen LogP contribution in [0.4, 0.5) is 5.69 Å². The molecule has 1 unspecified atom stereocenters. The van der Waals surface area contributed by atoms with Gasteiger partial charge in [-0.25, -0.2) is 5.01 Å². The Kier molecular flexibility index (Phi) is 8.50. The molecule has 2 aromatic carbocycles. The minimum Gasteiger partial charge on any atom is -0.481 e. The van der Waals surface area contributed by atoms with E-state index in [2.05, 4.69) is 10.4 Å². The third-order valence-corrected chi connectivity index (χ3v) is 5.92. The van der Waals surface area contributed by atoms with Gasteiger partial charge in [0.2, 0.25) is 11.8 Å². The van der Waals surface area contributed by atoms with E-state index in [1.807, 2.05) is 77.1 Å². The van der Waals surface area contributed by atoms with Gasteiger partial charge in [-0.2, -0.15) is 0 Å². The van der Waals surface area contributed by atoms with E-state index >= 15 is 0 Å². The van der Waals surface area contributed by atoms with Gasteiger partial charge in [-0.3, -0.25) is 14.4 Å². The summed E-state index contributed by atoms with van der Waals surface area (Å²) in [6, 6.07) is 14.9. The summed E-state index contributed by atoms with van der Waals surface area (Å²) in [6.07, 6.45) is 0.443. The molecule has 1 heterocycles. The predicted octanol–water partition coefficient (Wildman–Crippen LogP) is 4.80. The number of carbonyl (C=O) groups excluding carboxylic acids is 2. The molecule has 0 aromatic heterocycles. The number of hydrogen-bond acceptors (Lipinski definition) is 5. The van der Waals surface area contributed by atoms with E-state index in [1.165, 1.54) is 5.01 Å². The molecular formula is C28H35N3O5. The van der Waals surface area contributed by atoms with Crippen LogP contribution in [0.15, 0.2) is 53.6 Å². The number of nitrogens with zero attached hydrogens (tertiary/aromatic N) is 2. The van der Waals surface area contributed by atoms with E-state index in [9.17, 15) is 14.4 Å². The normalized spacial score (nSPS) is 14.8. The monoisotopic (exact) mass is 493 g/mol. The number of aliphatic carboxylic acids is 1. The van der Waals surface area contributed by atoms with Gasteiger partial charge < -0.3 is 15.2 Å². The number of hydrazone groups is 1. The number of hydrogen-bond donors (Lipinski definition) is 2. The maximum absolute atomic E-state index is 13.2. The van der Waals surface area contributed by atoms with E-state index in [0.29, 0.717) is 24.6 Å². The van der Waals surface area contributed by atoms with Crippen LogP contribution in [0.5, 0.6) is 0 Å². The van der Waals surface area contributed by atoms with Crippen molar-refractivity contribution in [3.63, 3.8) is 0 Å². The van der Waals surface area contributed by atoms with Gasteiger partial charge in [-0.05, 0) is 41.2 Å². The number of carbonyl (C=O) groups is 3. The van der Waals surface area contributed by atoms with Gasteiger partial charge >= 0.3 is 5.97 Å². The minimum absolute atomic E-state index is 0.0265. The van der Waals surface area contributed by atoms with E-state index in [-0.39, 0.29) is 42.1 Å². The summed E-state index contributed by atoms with van der Waals surface area (Å²) < 4.78 is 5.49. The Hall–Kier alpha value is -3.68. The van der Waals surface area contributed by atoms with Crippen molar-refractivity contribution >= 4 is 29.4 Å². The van der Waals surface area contributed by atoms with Crippen molar-refractivity contribution in [2.75, 3.05) is 11.9 Å². The lowest BCUT2D eigenvalue weighted by Gasteiger charge is -2.29. The van der Waals surface area contributed by atoms with Gasteiger partial charge in [0, 0.05) is 17.5 Å². The molecule has 8 nitrogen and oxygen atoms in total. The number of carboxylic acids is 1. The number of amides is 2. The van der Waals surface area contributed by atoms with Crippen LogP contribution in [0.1, 0.15) is 63.6 Å². The number of benzene rings is 2. The molecule has 0 spiro atoms. The molecule has 1 aliphatic rings. The van der Waals surface area contributed by atoms with Gasteiger partial charge in [0.15, 0.2) is 6.61 Å². The molecule has 8 heteroatoms. The summed E-state index contributed by atoms with van der Waals surface area (Å²) in [5, 5.41) is 17.7. The second-order valence-electron chi connectivity index (χ2n) is 10.4. The average Bonchev–Trinajstić information content (AvgIpc) is 2.79. The van der Waals surface area contributed by atoms with Crippen LogP contribution >= 0.6 is 0 Å². The van der Waals surface area contributed by atoms with Gasteiger partial charge in [0.1, 0.15) is 0 Å². The van der Waals surface area contributed by atoms with Crippen LogP contribution in [-0.2, 0) is 32.1 Å². The first-order chi connectivity index (χ1) is 16.9. The Morgan fingerprint density at radius 3 is 2.42 bits per heavy atom. The molecule has 2 N–H and O–H groups in total. The number of rotatable bonds is 9. The summed E-state index contributed by atoms with van der Waals surface area (Å²) in [5.74, 6) is -0.981. The first kappa shape index (κ1) is 26.9. The van der Waals surface area contributed by atoms with E-state index in [4.69, 9.17) is 9.84 Å². The molecule has 36 heavy (non-hydrogen) atoms. The van der Waals surface area contributed by atoms with E-state index < -0.39 is 5.97 Å². The number of aryl methyl sites for hydroxylation is 1. The maximum atomic E-state index is 13.2. The van der Waals surface area contributed by atoms with Gasteiger partial charge in [-0.1, -0.05) is 71.0 Å². The third-order valence-electron chi connectivity index (χ3n) is 5.92. The topological polar surface area (TPSA) is 108 Å². The first-order valence-electron chi connectivity index (χ1n) is 12.2. The molecule has 0 radical (unpaired) electrons. The molecule has 192 valence electrons. The average molecular weight is 494 g/mol. The molecule has 0 fully saturated rings. The highest BCUT2D eigenvalue weighted by atomic mass is 16.5. The van der Waals surface area contributed by atoms with Gasteiger partial charge in [-0.15, -0.1) is 5.10 Å².